The Balaban J connectivity index is 4.19. The predicted octanol–water partition coefficient (Wildman–Crippen LogP) is 2.35. The maximum atomic E-state index is 11.4. The van der Waals surface area contributed by atoms with E-state index in [2.05, 4.69) is 0 Å². The summed E-state index contributed by atoms with van der Waals surface area (Å²) in [6.45, 7) is 7.83. The van der Waals surface area contributed by atoms with Crippen LogP contribution in [0.5, 0.6) is 0 Å². The largest absolute Gasteiger partial charge is 0.298 e. The molecule has 0 aromatic heterocycles. The average Bonchev–Trinajstić information content (AvgIpc) is 1.86. The lowest BCUT2D eigenvalue weighted by Crippen LogP contribution is -2.31. The average molecular weight is 160 g/mol. The Kier molecular flexibility index (Phi) is 3.43. The van der Waals surface area contributed by atoms with Crippen LogP contribution in [0.15, 0.2) is 0 Å². The number of carbonyl (C=O) groups is 1. The molecule has 0 saturated carbocycles. The van der Waals surface area contributed by atoms with Crippen LogP contribution >= 0.6 is 11.8 Å². The van der Waals surface area contributed by atoms with Crippen LogP contribution in [-0.4, -0.2) is 16.8 Å². The molecule has 0 aliphatic heterocycles. The minimum atomic E-state index is -0.200. The Morgan fingerprint density at radius 2 is 1.80 bits per heavy atom. The van der Waals surface area contributed by atoms with Gasteiger partial charge in [0.15, 0.2) is 5.78 Å². The molecule has 0 unspecified atom stereocenters. The monoisotopic (exact) mass is 160 g/mol. The first-order valence-electron chi connectivity index (χ1n) is 3.51. The van der Waals surface area contributed by atoms with E-state index in [0.29, 0.717) is 5.78 Å². The Labute approximate surface area is 67.6 Å². The molecule has 0 heterocycles. The summed E-state index contributed by atoms with van der Waals surface area (Å²) in [7, 11) is 0. The van der Waals surface area contributed by atoms with E-state index in [9.17, 15) is 4.79 Å². The van der Waals surface area contributed by atoms with Gasteiger partial charge in [-0.25, -0.2) is 0 Å². The van der Waals surface area contributed by atoms with Gasteiger partial charge in [0.25, 0.3) is 0 Å². The Morgan fingerprint density at radius 1 is 1.40 bits per heavy atom. The standard InChI is InChI=1S/C8H16OS/c1-6(2)7(9)8(3,4)10-5/h6H,1-5H3. The molecule has 0 amide bonds. The van der Waals surface area contributed by atoms with Crippen LogP contribution in [0, 0.1) is 5.92 Å². The second kappa shape index (κ2) is 3.42. The summed E-state index contributed by atoms with van der Waals surface area (Å²) in [4.78, 5) is 11.4. The second-order valence-electron chi connectivity index (χ2n) is 3.23. The summed E-state index contributed by atoms with van der Waals surface area (Å²) >= 11 is 1.61. The molecule has 0 aliphatic rings. The quantitative estimate of drug-likeness (QED) is 0.630. The number of rotatable bonds is 3. The van der Waals surface area contributed by atoms with Crippen LogP contribution in [0.25, 0.3) is 0 Å². The van der Waals surface area contributed by atoms with E-state index >= 15 is 0 Å². The number of carbonyl (C=O) groups excluding carboxylic acids is 1. The zero-order valence-electron chi connectivity index (χ0n) is 7.39. The van der Waals surface area contributed by atoms with Gasteiger partial charge >= 0.3 is 0 Å². The molecule has 0 N–H and O–H groups in total. The van der Waals surface area contributed by atoms with Crippen molar-refractivity contribution in [2.45, 2.75) is 32.4 Å². The Hall–Kier alpha value is 0.0200. The van der Waals surface area contributed by atoms with Gasteiger partial charge in [-0.3, -0.25) is 4.79 Å². The van der Waals surface area contributed by atoms with E-state index in [1.54, 1.807) is 11.8 Å². The molecular weight excluding hydrogens is 144 g/mol. The normalized spacial score (nSPS) is 12.2. The lowest BCUT2D eigenvalue weighted by Gasteiger charge is -2.22. The summed E-state index contributed by atoms with van der Waals surface area (Å²) in [5, 5.41) is 0. The highest BCUT2D eigenvalue weighted by molar-refractivity contribution is 8.00. The molecule has 60 valence electrons. The van der Waals surface area contributed by atoms with Gasteiger partial charge in [0.2, 0.25) is 0 Å². The first kappa shape index (κ1) is 10.0. The van der Waals surface area contributed by atoms with Crippen molar-refractivity contribution in [3.05, 3.63) is 0 Å². The van der Waals surface area contributed by atoms with E-state index in [4.69, 9.17) is 0 Å². The van der Waals surface area contributed by atoms with Crippen LogP contribution in [0.3, 0.4) is 0 Å². The summed E-state index contributed by atoms with van der Waals surface area (Å²) in [6.07, 6.45) is 1.97. The minimum Gasteiger partial charge on any atom is -0.298 e. The molecule has 0 radical (unpaired) electrons. The molecule has 0 saturated heterocycles. The van der Waals surface area contributed by atoms with Gasteiger partial charge in [0, 0.05) is 5.92 Å². The van der Waals surface area contributed by atoms with E-state index in [-0.39, 0.29) is 10.7 Å². The van der Waals surface area contributed by atoms with Crippen molar-refractivity contribution in [3.63, 3.8) is 0 Å². The number of ketones is 1. The van der Waals surface area contributed by atoms with Crippen LogP contribution in [0.1, 0.15) is 27.7 Å². The molecule has 0 aliphatic carbocycles. The molecule has 0 rings (SSSR count). The number of Topliss-reactive ketones (excluding diaryl/α,β-unsaturated/α-hetero) is 1. The summed E-state index contributed by atoms with van der Waals surface area (Å²) < 4.78 is -0.200. The molecule has 0 aromatic rings. The lowest BCUT2D eigenvalue weighted by atomic mass is 9.98. The first-order chi connectivity index (χ1) is 4.41. The van der Waals surface area contributed by atoms with Gasteiger partial charge in [0.1, 0.15) is 0 Å². The van der Waals surface area contributed by atoms with E-state index < -0.39 is 0 Å². The smallest absolute Gasteiger partial charge is 0.150 e. The lowest BCUT2D eigenvalue weighted by molar-refractivity contribution is -0.123. The van der Waals surface area contributed by atoms with Gasteiger partial charge in [0.05, 0.1) is 4.75 Å². The van der Waals surface area contributed by atoms with E-state index in [1.807, 2.05) is 34.0 Å². The van der Waals surface area contributed by atoms with Crippen molar-refractivity contribution in [1.82, 2.24) is 0 Å². The SMILES string of the molecule is CSC(C)(C)C(=O)C(C)C. The van der Waals surface area contributed by atoms with Crippen LogP contribution < -0.4 is 0 Å². The maximum Gasteiger partial charge on any atom is 0.150 e. The highest BCUT2D eigenvalue weighted by atomic mass is 32.2. The third kappa shape index (κ3) is 2.33. The van der Waals surface area contributed by atoms with E-state index in [0.717, 1.165) is 0 Å². The van der Waals surface area contributed by atoms with Gasteiger partial charge in [-0.05, 0) is 20.1 Å². The third-order valence-corrected chi connectivity index (χ3v) is 2.85. The van der Waals surface area contributed by atoms with Gasteiger partial charge < -0.3 is 0 Å². The van der Waals surface area contributed by atoms with Crippen LogP contribution in [0.2, 0.25) is 0 Å². The molecule has 0 aromatic carbocycles. The van der Waals surface area contributed by atoms with Gasteiger partial charge in [-0.1, -0.05) is 13.8 Å². The molecule has 10 heavy (non-hydrogen) atoms. The Bertz CT molecular complexity index is 127. The first-order valence-corrected chi connectivity index (χ1v) is 4.73. The van der Waals surface area contributed by atoms with Gasteiger partial charge in [-0.15, -0.1) is 0 Å². The molecule has 0 spiro atoms. The molecular formula is C8H16OS. The van der Waals surface area contributed by atoms with Crippen molar-refractivity contribution in [1.29, 1.82) is 0 Å². The summed E-state index contributed by atoms with van der Waals surface area (Å²) in [5.74, 6) is 0.488. The fourth-order valence-corrected chi connectivity index (χ4v) is 1.23. The van der Waals surface area contributed by atoms with Crippen molar-refractivity contribution in [2.75, 3.05) is 6.26 Å². The fraction of sp³-hybridized carbons (Fsp3) is 0.875. The summed E-state index contributed by atoms with van der Waals surface area (Å²) in [5.41, 5.74) is 0. The van der Waals surface area contributed by atoms with Crippen molar-refractivity contribution < 1.29 is 4.79 Å². The molecule has 0 atom stereocenters. The van der Waals surface area contributed by atoms with Crippen molar-refractivity contribution >= 4 is 17.5 Å². The predicted molar refractivity (Wildman–Crippen MR) is 47.4 cm³/mol. The molecule has 2 heteroatoms. The van der Waals surface area contributed by atoms with Gasteiger partial charge in [-0.2, -0.15) is 11.8 Å². The van der Waals surface area contributed by atoms with Crippen molar-refractivity contribution in [2.24, 2.45) is 5.92 Å². The number of thioether (sulfide) groups is 1. The van der Waals surface area contributed by atoms with E-state index in [1.165, 1.54) is 0 Å². The number of hydrogen-bond donors (Lipinski definition) is 0. The fourth-order valence-electron chi connectivity index (χ4n) is 0.796. The topological polar surface area (TPSA) is 17.1 Å². The highest BCUT2D eigenvalue weighted by Gasteiger charge is 2.27. The highest BCUT2D eigenvalue weighted by Crippen LogP contribution is 2.25. The molecule has 1 nitrogen and oxygen atoms in total. The Morgan fingerprint density at radius 3 is 1.90 bits per heavy atom. The second-order valence-corrected chi connectivity index (χ2v) is 4.66. The van der Waals surface area contributed by atoms with Crippen LogP contribution in [-0.2, 0) is 4.79 Å². The zero-order chi connectivity index (χ0) is 8.36. The van der Waals surface area contributed by atoms with Crippen LogP contribution in [0.4, 0.5) is 0 Å². The molecule has 0 bridgehead atoms. The zero-order valence-corrected chi connectivity index (χ0v) is 8.21. The third-order valence-electron chi connectivity index (χ3n) is 1.63. The number of hydrogen-bond acceptors (Lipinski definition) is 2. The maximum absolute atomic E-state index is 11.4. The molecule has 0 fully saturated rings. The van der Waals surface area contributed by atoms with Crippen molar-refractivity contribution in [3.8, 4) is 0 Å². The minimum absolute atomic E-state index is 0.155. The summed E-state index contributed by atoms with van der Waals surface area (Å²) in [6, 6.07) is 0.